The number of pyridine rings is 1. The van der Waals surface area contributed by atoms with Crippen molar-refractivity contribution >= 4 is 11.6 Å². The number of amides is 1. The zero-order chi connectivity index (χ0) is 15.8. The van der Waals surface area contributed by atoms with Crippen molar-refractivity contribution in [2.75, 3.05) is 11.9 Å². The molecule has 0 aliphatic heterocycles. The molecule has 0 atom stereocenters. The van der Waals surface area contributed by atoms with Gasteiger partial charge in [-0.05, 0) is 30.0 Å². The van der Waals surface area contributed by atoms with E-state index in [2.05, 4.69) is 29.5 Å². The fraction of sp³-hybridized carbons (Fsp3) is 0.333. The Balaban J connectivity index is 1.83. The van der Waals surface area contributed by atoms with Gasteiger partial charge < -0.3 is 10.6 Å². The first-order valence-corrected chi connectivity index (χ1v) is 7.67. The van der Waals surface area contributed by atoms with E-state index in [0.717, 1.165) is 24.2 Å². The summed E-state index contributed by atoms with van der Waals surface area (Å²) >= 11 is 0. The third-order valence-corrected chi connectivity index (χ3v) is 3.34. The minimum atomic E-state index is -0.155. The third kappa shape index (κ3) is 5.20. The molecule has 116 valence electrons. The van der Waals surface area contributed by atoms with Crippen molar-refractivity contribution in [2.24, 2.45) is 5.92 Å². The fourth-order valence-corrected chi connectivity index (χ4v) is 2.01. The van der Waals surface area contributed by atoms with E-state index in [-0.39, 0.29) is 5.91 Å². The Morgan fingerprint density at radius 3 is 2.55 bits per heavy atom. The van der Waals surface area contributed by atoms with Crippen molar-refractivity contribution in [1.29, 1.82) is 0 Å². The van der Waals surface area contributed by atoms with Crippen LogP contribution in [0, 0.1) is 5.92 Å². The van der Waals surface area contributed by atoms with Crippen molar-refractivity contribution in [3.63, 3.8) is 0 Å². The highest BCUT2D eigenvalue weighted by atomic mass is 16.1. The average Bonchev–Trinajstić information content (AvgIpc) is 2.54. The molecule has 2 rings (SSSR count). The molecule has 4 heteroatoms. The highest BCUT2D eigenvalue weighted by molar-refractivity contribution is 5.92. The van der Waals surface area contributed by atoms with Gasteiger partial charge in [0.2, 0.25) is 0 Å². The van der Waals surface area contributed by atoms with Crippen molar-refractivity contribution < 1.29 is 4.79 Å². The van der Waals surface area contributed by atoms with E-state index < -0.39 is 0 Å². The second kappa shape index (κ2) is 8.17. The monoisotopic (exact) mass is 297 g/mol. The van der Waals surface area contributed by atoms with E-state index in [1.165, 1.54) is 0 Å². The molecule has 1 heterocycles. The second-order valence-corrected chi connectivity index (χ2v) is 5.71. The summed E-state index contributed by atoms with van der Waals surface area (Å²) in [4.78, 5) is 16.3. The van der Waals surface area contributed by atoms with Gasteiger partial charge in [0.25, 0.3) is 5.91 Å². The number of aromatic nitrogens is 1. The topological polar surface area (TPSA) is 54.0 Å². The summed E-state index contributed by atoms with van der Waals surface area (Å²) in [5, 5.41) is 6.18. The van der Waals surface area contributed by atoms with Crippen molar-refractivity contribution in [1.82, 2.24) is 10.3 Å². The van der Waals surface area contributed by atoms with Crippen LogP contribution >= 0.6 is 0 Å². The van der Waals surface area contributed by atoms with Crippen molar-refractivity contribution in [3.05, 3.63) is 59.9 Å². The average molecular weight is 297 g/mol. The van der Waals surface area contributed by atoms with E-state index in [1.807, 2.05) is 36.4 Å². The lowest BCUT2D eigenvalue weighted by atomic mass is 10.1. The van der Waals surface area contributed by atoms with Gasteiger partial charge in [-0.3, -0.25) is 4.79 Å². The maximum absolute atomic E-state index is 12.0. The SMILES string of the molecule is CC(C)CCNc1ccc(C(=O)NCc2ccccc2)nc1. The maximum Gasteiger partial charge on any atom is 0.270 e. The molecule has 0 spiro atoms. The Kier molecular flexibility index (Phi) is 5.95. The van der Waals surface area contributed by atoms with Gasteiger partial charge in [0, 0.05) is 13.1 Å². The number of anilines is 1. The third-order valence-electron chi connectivity index (χ3n) is 3.34. The van der Waals surface area contributed by atoms with E-state index in [1.54, 1.807) is 12.3 Å². The first-order valence-electron chi connectivity index (χ1n) is 7.67. The molecule has 0 saturated carbocycles. The number of hydrogen-bond donors (Lipinski definition) is 2. The van der Waals surface area contributed by atoms with Gasteiger partial charge in [0.1, 0.15) is 5.69 Å². The summed E-state index contributed by atoms with van der Waals surface area (Å²) in [6.07, 6.45) is 2.82. The van der Waals surface area contributed by atoms with Crippen molar-refractivity contribution in [3.8, 4) is 0 Å². The van der Waals surface area contributed by atoms with Crippen LogP contribution in [-0.2, 0) is 6.54 Å². The lowest BCUT2D eigenvalue weighted by Crippen LogP contribution is -2.23. The molecule has 1 aromatic carbocycles. The molecule has 0 aliphatic rings. The van der Waals surface area contributed by atoms with Crippen LogP contribution in [0.15, 0.2) is 48.7 Å². The summed E-state index contributed by atoms with van der Waals surface area (Å²) < 4.78 is 0. The smallest absolute Gasteiger partial charge is 0.270 e. The predicted molar refractivity (Wildman–Crippen MR) is 89.8 cm³/mol. The summed E-state index contributed by atoms with van der Waals surface area (Å²) in [6, 6.07) is 13.5. The number of nitrogens with one attached hydrogen (secondary N) is 2. The van der Waals surface area contributed by atoms with E-state index in [0.29, 0.717) is 18.2 Å². The van der Waals surface area contributed by atoms with E-state index >= 15 is 0 Å². The molecule has 2 N–H and O–H groups in total. The van der Waals surface area contributed by atoms with Crippen LogP contribution in [0.5, 0.6) is 0 Å². The van der Waals surface area contributed by atoms with Gasteiger partial charge in [0.15, 0.2) is 0 Å². The lowest BCUT2D eigenvalue weighted by molar-refractivity contribution is 0.0946. The molecular formula is C18H23N3O. The van der Waals surface area contributed by atoms with Crippen LogP contribution in [0.1, 0.15) is 36.3 Å². The highest BCUT2D eigenvalue weighted by Crippen LogP contribution is 2.08. The summed E-state index contributed by atoms with van der Waals surface area (Å²) in [5.74, 6) is 0.515. The van der Waals surface area contributed by atoms with Gasteiger partial charge in [-0.15, -0.1) is 0 Å². The predicted octanol–water partition coefficient (Wildman–Crippen LogP) is 3.47. The maximum atomic E-state index is 12.0. The molecule has 4 nitrogen and oxygen atoms in total. The first kappa shape index (κ1) is 16.0. The van der Waals surface area contributed by atoms with Gasteiger partial charge in [-0.1, -0.05) is 44.2 Å². The van der Waals surface area contributed by atoms with Crippen LogP contribution < -0.4 is 10.6 Å². The van der Waals surface area contributed by atoms with Crippen LogP contribution in [0.3, 0.4) is 0 Å². The van der Waals surface area contributed by atoms with Gasteiger partial charge in [-0.25, -0.2) is 4.98 Å². The molecule has 0 radical (unpaired) electrons. The molecule has 1 aromatic heterocycles. The molecule has 0 unspecified atom stereocenters. The number of rotatable bonds is 7. The standard InChI is InChI=1S/C18H23N3O/c1-14(2)10-11-19-16-8-9-17(20-13-16)18(22)21-12-15-6-4-3-5-7-15/h3-9,13-14,19H,10-12H2,1-2H3,(H,21,22). The van der Waals surface area contributed by atoms with Gasteiger partial charge >= 0.3 is 0 Å². The largest absolute Gasteiger partial charge is 0.384 e. The van der Waals surface area contributed by atoms with Crippen LogP contribution in [0.25, 0.3) is 0 Å². The zero-order valence-electron chi connectivity index (χ0n) is 13.2. The quantitative estimate of drug-likeness (QED) is 0.823. The normalized spacial score (nSPS) is 10.5. The first-order chi connectivity index (χ1) is 10.6. The molecule has 22 heavy (non-hydrogen) atoms. The fourth-order valence-electron chi connectivity index (χ4n) is 2.01. The number of benzene rings is 1. The summed E-state index contributed by atoms with van der Waals surface area (Å²) in [5.41, 5.74) is 2.45. The second-order valence-electron chi connectivity index (χ2n) is 5.71. The Labute approximate surface area is 132 Å². The van der Waals surface area contributed by atoms with Crippen LogP contribution in [0.4, 0.5) is 5.69 Å². The summed E-state index contributed by atoms with van der Waals surface area (Å²) in [7, 11) is 0. The van der Waals surface area contributed by atoms with Crippen LogP contribution in [0.2, 0.25) is 0 Å². The molecular weight excluding hydrogens is 274 g/mol. The Bertz CT molecular complexity index is 579. The summed E-state index contributed by atoms with van der Waals surface area (Å²) in [6.45, 7) is 5.81. The van der Waals surface area contributed by atoms with Gasteiger partial charge in [-0.2, -0.15) is 0 Å². The van der Waals surface area contributed by atoms with Crippen molar-refractivity contribution in [2.45, 2.75) is 26.8 Å². The molecule has 2 aromatic rings. The molecule has 0 saturated heterocycles. The lowest BCUT2D eigenvalue weighted by Gasteiger charge is -2.09. The molecule has 1 amide bonds. The zero-order valence-corrected chi connectivity index (χ0v) is 13.2. The van der Waals surface area contributed by atoms with Gasteiger partial charge in [0.05, 0.1) is 11.9 Å². The molecule has 0 aliphatic carbocycles. The highest BCUT2D eigenvalue weighted by Gasteiger charge is 2.06. The number of carbonyl (C=O) groups excluding carboxylic acids is 1. The number of carbonyl (C=O) groups is 1. The minimum Gasteiger partial charge on any atom is -0.384 e. The number of hydrogen-bond acceptors (Lipinski definition) is 3. The Hall–Kier alpha value is -2.36. The number of nitrogens with zero attached hydrogens (tertiary/aromatic N) is 1. The molecule has 0 bridgehead atoms. The van der Waals surface area contributed by atoms with E-state index in [4.69, 9.17) is 0 Å². The molecule has 0 fully saturated rings. The Morgan fingerprint density at radius 2 is 1.91 bits per heavy atom. The Morgan fingerprint density at radius 1 is 1.14 bits per heavy atom. The van der Waals surface area contributed by atoms with Crippen LogP contribution in [-0.4, -0.2) is 17.4 Å². The van der Waals surface area contributed by atoms with E-state index in [9.17, 15) is 4.79 Å². The minimum absolute atomic E-state index is 0.155.